The van der Waals surface area contributed by atoms with Gasteiger partial charge < -0.3 is 0 Å². The summed E-state index contributed by atoms with van der Waals surface area (Å²) in [6.07, 6.45) is 1.63. The number of rotatable bonds is 8. The van der Waals surface area contributed by atoms with Gasteiger partial charge in [0.05, 0.1) is 6.85 Å². The zero-order valence-corrected chi connectivity index (χ0v) is 42.2. The van der Waals surface area contributed by atoms with Gasteiger partial charge >= 0.3 is 306 Å². The molecule has 1 aliphatic carbocycles. The number of para-hydroxylation sites is 4. The third-order valence-corrected chi connectivity index (χ3v) is 15.7. The maximum atomic E-state index is 8.83. The van der Waals surface area contributed by atoms with Gasteiger partial charge in [0.15, 0.2) is 0 Å². The van der Waals surface area contributed by atoms with Crippen molar-refractivity contribution >= 4 is 28.2 Å². The van der Waals surface area contributed by atoms with Gasteiger partial charge in [-0.05, 0) is 29.2 Å². The predicted molar refractivity (Wildman–Crippen MR) is 297 cm³/mol. The summed E-state index contributed by atoms with van der Waals surface area (Å²) in [5.41, 5.74) is 17.8. The van der Waals surface area contributed by atoms with E-state index in [9.17, 15) is 0 Å². The van der Waals surface area contributed by atoms with Gasteiger partial charge in [-0.2, -0.15) is 0 Å². The van der Waals surface area contributed by atoms with Crippen LogP contribution in [-0.2, 0) is 24.8 Å². The molecular formula is C68H46N4OPt. The smallest absolute Gasteiger partial charge is 0.0616 e. The molecule has 0 unspecified atom stereocenters. The van der Waals surface area contributed by atoms with Crippen LogP contribution in [-0.4, -0.2) is 14.1 Å². The quantitative estimate of drug-likeness (QED) is 0.152. The van der Waals surface area contributed by atoms with Crippen LogP contribution in [0.3, 0.4) is 0 Å². The molecule has 0 N–H and O–H groups in total. The molecule has 2 aliphatic rings. The van der Waals surface area contributed by atoms with Gasteiger partial charge in [0.1, 0.15) is 0 Å². The van der Waals surface area contributed by atoms with E-state index in [1.54, 1.807) is 6.20 Å². The third-order valence-electron chi connectivity index (χ3n) is 14.7. The second kappa shape index (κ2) is 17.7. The van der Waals surface area contributed by atoms with Crippen LogP contribution in [0.15, 0.2) is 261 Å². The monoisotopic (exact) mass is 1130 g/mol. The molecule has 1 aliphatic heterocycles. The molecular weight excluding hydrogens is 1080 g/mol. The Morgan fingerprint density at radius 2 is 1.01 bits per heavy atom. The summed E-state index contributed by atoms with van der Waals surface area (Å²) in [6.45, 7) is 1.90. The molecule has 0 saturated heterocycles. The Labute approximate surface area is 448 Å². The first-order chi connectivity index (χ1) is 38.6. The van der Waals surface area contributed by atoms with Crippen LogP contribution in [0, 0.1) is 10.7 Å². The number of benzene rings is 10. The van der Waals surface area contributed by atoms with E-state index in [1.807, 2.05) is 25.1 Å². The number of aryl methyl sites for hydroxylation is 1. The number of pyridine rings is 1. The van der Waals surface area contributed by atoms with Crippen molar-refractivity contribution in [1.29, 1.82) is 0 Å². The summed E-state index contributed by atoms with van der Waals surface area (Å²) in [5, 5.41) is 0. The number of hydrogen-bond acceptors (Lipinski definition) is 3. The number of ether oxygens (including phenoxy) is 1. The number of hydrogen-bond donors (Lipinski definition) is 0. The summed E-state index contributed by atoms with van der Waals surface area (Å²) < 4.78 is 55.6. The fourth-order valence-electron chi connectivity index (χ4n) is 11.6. The molecule has 6 heteroatoms. The van der Waals surface area contributed by atoms with Gasteiger partial charge in [-0.1, -0.05) is 96.9 Å². The molecule has 5 nitrogen and oxygen atoms in total. The SMILES string of the molecule is [2H]c1c([2H])c([2H])c(-c2cnc(N3c4ccccc4C4(c5ccccc5-c5ccccc54)c4ccc(Oc5cccc(-n6[c](=[Pt])n(-c7c(-c8ccccc8)cccc7-c7ccccc7)c7ccccc76)c5)cc43)cc2C)c([2H])c1[2H]. The number of imidazole rings is 1. The predicted octanol–water partition coefficient (Wildman–Crippen LogP) is 17.1. The Bertz CT molecular complexity index is 4410. The van der Waals surface area contributed by atoms with Crippen LogP contribution in [0.2, 0.25) is 0 Å². The molecule has 0 bridgehead atoms. The van der Waals surface area contributed by atoms with Gasteiger partial charge in [0, 0.05) is 11.8 Å². The van der Waals surface area contributed by atoms with E-state index >= 15 is 0 Å². The van der Waals surface area contributed by atoms with Gasteiger partial charge in [-0.25, -0.2) is 0 Å². The van der Waals surface area contributed by atoms with E-state index in [1.165, 1.54) is 22.3 Å². The Hall–Kier alpha value is -8.89. The molecule has 12 aromatic rings. The minimum Gasteiger partial charge on any atom is -0.0616 e. The van der Waals surface area contributed by atoms with Gasteiger partial charge in [-0.3, -0.25) is 0 Å². The Morgan fingerprint density at radius 1 is 0.459 bits per heavy atom. The van der Waals surface area contributed by atoms with Crippen LogP contribution in [0.1, 0.15) is 34.7 Å². The fourth-order valence-corrected chi connectivity index (χ4v) is 12.7. The molecule has 354 valence electrons. The second-order valence-corrected chi connectivity index (χ2v) is 19.7. The standard InChI is InChI=1S/C68H46N4O.Pt/c1-46-41-66(69-44-57(46)49-25-9-4-10-26-49)72-62-36-16-15-35-60(62)68(58-33-13-11-29-55(58)56-30-12-14-34-59(56)68)61-40-39-52(43-65(61)72)73-51-28-19-27-50(42-51)70-45-71(64-38-18-17-37-63(64)70)67-53(47-21-5-2-6-22-47)31-20-32-54(67)48-23-7-3-8-24-48;/h2-44H,1H3;/i4D,9D,10D,25D,26D;. The molecule has 1 spiro atoms. The van der Waals surface area contributed by atoms with E-state index in [4.69, 9.17) is 16.6 Å². The van der Waals surface area contributed by atoms with Crippen molar-refractivity contribution in [3.8, 4) is 67.4 Å². The van der Waals surface area contributed by atoms with Crippen LogP contribution in [0.4, 0.5) is 17.2 Å². The van der Waals surface area contributed by atoms with Crippen LogP contribution in [0.25, 0.3) is 66.9 Å². The van der Waals surface area contributed by atoms with E-state index < -0.39 is 11.5 Å². The van der Waals surface area contributed by atoms with Crippen molar-refractivity contribution < 1.29 is 30.9 Å². The van der Waals surface area contributed by atoms with Crippen LogP contribution >= 0.6 is 0 Å². The molecule has 10 aromatic carbocycles. The van der Waals surface area contributed by atoms with Crippen molar-refractivity contribution in [2.45, 2.75) is 12.3 Å². The van der Waals surface area contributed by atoms with E-state index in [0.29, 0.717) is 28.4 Å². The zero-order valence-electron chi connectivity index (χ0n) is 45.0. The maximum absolute atomic E-state index is 8.83. The fraction of sp³-hybridized carbons (Fsp3) is 0.0294. The summed E-state index contributed by atoms with van der Waals surface area (Å²) in [5.74, 6) is 1.87. The number of nitrogens with zero attached hydrogens (tertiary/aromatic N) is 4. The first kappa shape index (κ1) is 38.7. The summed E-state index contributed by atoms with van der Waals surface area (Å²) in [7, 11) is 0. The van der Waals surface area contributed by atoms with Crippen molar-refractivity contribution in [2.24, 2.45) is 0 Å². The second-order valence-electron chi connectivity index (χ2n) is 18.7. The molecule has 3 heterocycles. The Morgan fingerprint density at radius 3 is 1.69 bits per heavy atom. The average Bonchev–Trinajstić information content (AvgIpc) is 4.05. The minimum atomic E-state index is -0.711. The third kappa shape index (κ3) is 6.81. The van der Waals surface area contributed by atoms with Crippen molar-refractivity contribution in [1.82, 2.24) is 14.1 Å². The van der Waals surface area contributed by atoms with E-state index in [0.717, 1.165) is 71.0 Å². The van der Waals surface area contributed by atoms with Gasteiger partial charge in [0.2, 0.25) is 0 Å². The Kier molecular flexibility index (Phi) is 9.27. The summed E-state index contributed by atoms with van der Waals surface area (Å²) in [6, 6.07) is 77.0. The summed E-state index contributed by atoms with van der Waals surface area (Å²) >= 11 is 2.48. The first-order valence-corrected chi connectivity index (χ1v) is 25.7. The molecule has 0 amide bonds. The molecule has 2 aromatic heterocycles. The molecule has 0 fully saturated rings. The zero-order chi connectivity index (χ0) is 53.7. The molecule has 14 rings (SSSR count). The van der Waals surface area contributed by atoms with Gasteiger partial charge in [-0.15, -0.1) is 0 Å². The number of aromatic nitrogens is 3. The van der Waals surface area contributed by atoms with Crippen LogP contribution in [0.5, 0.6) is 11.5 Å². The minimum absolute atomic E-state index is 0.115. The van der Waals surface area contributed by atoms with Crippen LogP contribution < -0.4 is 9.64 Å². The molecule has 0 saturated carbocycles. The van der Waals surface area contributed by atoms with Crippen molar-refractivity contribution in [3.05, 3.63) is 292 Å². The first-order valence-electron chi connectivity index (χ1n) is 27.1. The van der Waals surface area contributed by atoms with E-state index in [2.05, 4.69) is 240 Å². The normalized spacial score (nSPS) is 13.8. The molecule has 0 atom stereocenters. The van der Waals surface area contributed by atoms with Gasteiger partial charge in [0.25, 0.3) is 0 Å². The number of fused-ring (bicyclic) bond motifs is 10. The number of anilines is 3. The average molecular weight is 1140 g/mol. The molecule has 74 heavy (non-hydrogen) atoms. The Balaban J connectivity index is 0.934. The van der Waals surface area contributed by atoms with E-state index in [-0.39, 0.29) is 29.7 Å². The summed E-state index contributed by atoms with van der Waals surface area (Å²) in [4.78, 5) is 7.28. The topological polar surface area (TPSA) is 35.2 Å². The molecule has 0 radical (unpaired) electrons. The van der Waals surface area contributed by atoms with Crippen molar-refractivity contribution in [3.63, 3.8) is 0 Å². The van der Waals surface area contributed by atoms with Crippen molar-refractivity contribution in [2.75, 3.05) is 4.90 Å².